The zero-order valence-electron chi connectivity index (χ0n) is 13.4. The number of rotatable bonds is 11. The quantitative estimate of drug-likeness (QED) is 0.542. The summed E-state index contributed by atoms with van der Waals surface area (Å²) in [6.45, 7) is 13.6. The van der Waals surface area contributed by atoms with E-state index in [1.807, 2.05) is 11.0 Å². The minimum absolute atomic E-state index is 0.309. The van der Waals surface area contributed by atoms with Crippen LogP contribution in [0.25, 0.3) is 0 Å². The van der Waals surface area contributed by atoms with E-state index in [0.717, 1.165) is 26.1 Å². The van der Waals surface area contributed by atoms with Gasteiger partial charge in [-0.25, -0.2) is 0 Å². The van der Waals surface area contributed by atoms with E-state index >= 15 is 0 Å². The van der Waals surface area contributed by atoms with Crippen LogP contribution in [0.4, 0.5) is 0 Å². The van der Waals surface area contributed by atoms with Gasteiger partial charge < -0.3 is 9.80 Å². The van der Waals surface area contributed by atoms with E-state index in [0.29, 0.717) is 18.2 Å². The summed E-state index contributed by atoms with van der Waals surface area (Å²) < 4.78 is 0. The minimum atomic E-state index is 0.309. The fourth-order valence-electron chi connectivity index (χ4n) is 2.76. The van der Waals surface area contributed by atoms with Crippen LogP contribution in [-0.2, 0) is 4.79 Å². The number of unbranched alkanes of at least 4 members (excludes halogenated alkanes) is 2. The van der Waals surface area contributed by atoms with E-state index < -0.39 is 0 Å². The van der Waals surface area contributed by atoms with Gasteiger partial charge in [0.05, 0.1) is 0 Å². The van der Waals surface area contributed by atoms with Crippen LogP contribution >= 0.6 is 0 Å². The molecule has 1 atom stereocenters. The molecule has 3 nitrogen and oxygen atoms in total. The zero-order chi connectivity index (χ0) is 14.8. The SMILES string of the molecule is C=CC1CC(=O)N(CCCN(CCCC)CCCC)C1. The first-order chi connectivity index (χ1) is 9.71. The Kier molecular flexibility index (Phi) is 8.59. The van der Waals surface area contributed by atoms with Gasteiger partial charge in [0.15, 0.2) is 0 Å². The molecule has 1 rings (SSSR count). The Hall–Kier alpha value is -0.830. The third-order valence-corrected chi connectivity index (χ3v) is 4.14. The third kappa shape index (κ3) is 6.08. The molecule has 0 aromatic rings. The van der Waals surface area contributed by atoms with Crippen molar-refractivity contribution in [3.8, 4) is 0 Å². The summed E-state index contributed by atoms with van der Waals surface area (Å²) in [6.07, 6.45) is 8.77. The molecule has 0 radical (unpaired) electrons. The number of hydrogen-bond acceptors (Lipinski definition) is 2. The Labute approximate surface area is 125 Å². The Bertz CT molecular complexity index is 283. The first-order valence-corrected chi connectivity index (χ1v) is 8.33. The van der Waals surface area contributed by atoms with Gasteiger partial charge in [0.2, 0.25) is 5.91 Å². The minimum Gasteiger partial charge on any atom is -0.342 e. The van der Waals surface area contributed by atoms with Crippen LogP contribution in [-0.4, -0.2) is 48.4 Å². The van der Waals surface area contributed by atoms with Crippen LogP contribution in [0.3, 0.4) is 0 Å². The molecule has 0 aliphatic carbocycles. The Morgan fingerprint density at radius 3 is 2.30 bits per heavy atom. The van der Waals surface area contributed by atoms with Crippen molar-refractivity contribution < 1.29 is 4.79 Å². The van der Waals surface area contributed by atoms with Crippen LogP contribution in [0.2, 0.25) is 0 Å². The fourth-order valence-corrected chi connectivity index (χ4v) is 2.76. The molecule has 1 aliphatic rings. The summed E-state index contributed by atoms with van der Waals surface area (Å²) in [5.41, 5.74) is 0. The number of carbonyl (C=O) groups is 1. The molecule has 1 fully saturated rings. The Balaban J connectivity index is 2.25. The van der Waals surface area contributed by atoms with Gasteiger partial charge in [0.1, 0.15) is 0 Å². The number of likely N-dealkylation sites (tertiary alicyclic amines) is 1. The van der Waals surface area contributed by atoms with Crippen molar-refractivity contribution in [3.05, 3.63) is 12.7 Å². The van der Waals surface area contributed by atoms with Gasteiger partial charge in [-0.15, -0.1) is 6.58 Å². The molecule has 0 aromatic carbocycles. The highest BCUT2D eigenvalue weighted by Gasteiger charge is 2.26. The maximum atomic E-state index is 11.8. The van der Waals surface area contributed by atoms with Crippen molar-refractivity contribution in [2.75, 3.05) is 32.7 Å². The molecule has 1 heterocycles. The van der Waals surface area contributed by atoms with Crippen molar-refractivity contribution in [1.29, 1.82) is 0 Å². The lowest BCUT2D eigenvalue weighted by Gasteiger charge is -2.23. The second kappa shape index (κ2) is 9.98. The second-order valence-corrected chi connectivity index (χ2v) is 5.94. The number of amides is 1. The highest BCUT2D eigenvalue weighted by Crippen LogP contribution is 2.18. The smallest absolute Gasteiger partial charge is 0.223 e. The molecular weight excluding hydrogens is 248 g/mol. The first-order valence-electron chi connectivity index (χ1n) is 8.33. The van der Waals surface area contributed by atoms with Gasteiger partial charge in [0, 0.05) is 25.4 Å². The maximum absolute atomic E-state index is 11.8. The van der Waals surface area contributed by atoms with Crippen LogP contribution in [0.15, 0.2) is 12.7 Å². The lowest BCUT2D eigenvalue weighted by Crippen LogP contribution is -2.32. The first kappa shape index (κ1) is 17.2. The monoisotopic (exact) mass is 280 g/mol. The summed E-state index contributed by atoms with van der Waals surface area (Å²) in [5, 5.41) is 0. The van der Waals surface area contributed by atoms with Gasteiger partial charge in [-0.3, -0.25) is 4.79 Å². The van der Waals surface area contributed by atoms with Crippen LogP contribution in [0, 0.1) is 5.92 Å². The summed E-state index contributed by atoms with van der Waals surface area (Å²) in [6, 6.07) is 0. The summed E-state index contributed by atoms with van der Waals surface area (Å²) in [5.74, 6) is 0.683. The van der Waals surface area contributed by atoms with Gasteiger partial charge in [-0.1, -0.05) is 32.8 Å². The highest BCUT2D eigenvalue weighted by atomic mass is 16.2. The predicted molar refractivity (Wildman–Crippen MR) is 85.8 cm³/mol. The van der Waals surface area contributed by atoms with Crippen LogP contribution in [0.1, 0.15) is 52.4 Å². The molecule has 1 aliphatic heterocycles. The Morgan fingerprint density at radius 1 is 1.20 bits per heavy atom. The van der Waals surface area contributed by atoms with Gasteiger partial charge in [-0.2, -0.15) is 0 Å². The molecule has 1 amide bonds. The fraction of sp³-hybridized carbons (Fsp3) is 0.824. The molecule has 0 saturated carbocycles. The average Bonchev–Trinajstić information content (AvgIpc) is 2.82. The normalized spacial score (nSPS) is 19.1. The molecule has 20 heavy (non-hydrogen) atoms. The van der Waals surface area contributed by atoms with Crippen LogP contribution < -0.4 is 0 Å². The molecule has 0 N–H and O–H groups in total. The second-order valence-electron chi connectivity index (χ2n) is 5.94. The van der Waals surface area contributed by atoms with Crippen molar-refractivity contribution in [2.24, 2.45) is 5.92 Å². The van der Waals surface area contributed by atoms with Gasteiger partial charge in [-0.05, 0) is 38.9 Å². The van der Waals surface area contributed by atoms with E-state index in [4.69, 9.17) is 0 Å². The van der Waals surface area contributed by atoms with E-state index in [9.17, 15) is 4.79 Å². The van der Waals surface area contributed by atoms with Crippen LogP contribution in [0.5, 0.6) is 0 Å². The van der Waals surface area contributed by atoms with E-state index in [2.05, 4.69) is 25.3 Å². The van der Waals surface area contributed by atoms with Crippen molar-refractivity contribution >= 4 is 5.91 Å². The van der Waals surface area contributed by atoms with Crippen molar-refractivity contribution in [2.45, 2.75) is 52.4 Å². The summed E-state index contributed by atoms with van der Waals surface area (Å²) in [7, 11) is 0. The topological polar surface area (TPSA) is 23.6 Å². The third-order valence-electron chi connectivity index (χ3n) is 4.14. The van der Waals surface area contributed by atoms with Gasteiger partial charge in [0.25, 0.3) is 0 Å². The average molecular weight is 280 g/mol. The largest absolute Gasteiger partial charge is 0.342 e. The molecule has 0 bridgehead atoms. The van der Waals surface area contributed by atoms with Crippen molar-refractivity contribution in [3.63, 3.8) is 0 Å². The maximum Gasteiger partial charge on any atom is 0.223 e. The lowest BCUT2D eigenvalue weighted by atomic mass is 10.1. The standard InChI is InChI=1S/C17H32N2O/c1-4-7-10-18(11-8-5-2)12-9-13-19-15-16(6-3)14-17(19)20/h6,16H,3-5,7-15H2,1-2H3. The van der Waals surface area contributed by atoms with E-state index in [-0.39, 0.29) is 0 Å². The molecule has 0 aromatic heterocycles. The number of hydrogen-bond donors (Lipinski definition) is 0. The number of nitrogens with zero attached hydrogens (tertiary/aromatic N) is 2. The molecule has 0 spiro atoms. The van der Waals surface area contributed by atoms with Crippen molar-refractivity contribution in [1.82, 2.24) is 9.80 Å². The molecule has 1 unspecified atom stereocenters. The molecule has 116 valence electrons. The summed E-state index contributed by atoms with van der Waals surface area (Å²) >= 11 is 0. The van der Waals surface area contributed by atoms with E-state index in [1.165, 1.54) is 38.8 Å². The molecule has 3 heteroatoms. The van der Waals surface area contributed by atoms with E-state index in [1.54, 1.807) is 0 Å². The molecular formula is C17H32N2O. The highest BCUT2D eigenvalue weighted by molar-refractivity contribution is 5.78. The lowest BCUT2D eigenvalue weighted by molar-refractivity contribution is -0.127. The zero-order valence-corrected chi connectivity index (χ0v) is 13.4. The predicted octanol–water partition coefficient (Wildman–Crippen LogP) is 3.31. The molecule has 1 saturated heterocycles. The van der Waals surface area contributed by atoms with Gasteiger partial charge >= 0.3 is 0 Å². The Morgan fingerprint density at radius 2 is 1.80 bits per heavy atom. The number of carbonyl (C=O) groups excluding carboxylic acids is 1. The summed E-state index contributed by atoms with van der Waals surface area (Å²) in [4.78, 5) is 16.4.